The van der Waals surface area contributed by atoms with Gasteiger partial charge >= 0.3 is 0 Å². The summed E-state index contributed by atoms with van der Waals surface area (Å²) in [6.45, 7) is 6.33. The van der Waals surface area contributed by atoms with E-state index in [1.165, 1.54) is 0 Å². The summed E-state index contributed by atoms with van der Waals surface area (Å²) in [5, 5.41) is 0. The number of benzene rings is 1. The molecule has 20 heavy (non-hydrogen) atoms. The van der Waals surface area contributed by atoms with Gasteiger partial charge in [-0.15, -0.1) is 0 Å². The fourth-order valence-corrected chi connectivity index (χ4v) is 2.66. The number of ether oxygens (including phenoxy) is 2. The van der Waals surface area contributed by atoms with Crippen molar-refractivity contribution in [1.82, 2.24) is 4.90 Å². The van der Waals surface area contributed by atoms with Gasteiger partial charge in [-0.2, -0.15) is 0 Å². The zero-order valence-electron chi connectivity index (χ0n) is 13.3. The summed E-state index contributed by atoms with van der Waals surface area (Å²) in [5.74, 6) is 1.30. The van der Waals surface area contributed by atoms with E-state index in [1.807, 2.05) is 18.2 Å². The Balaban J connectivity index is 2.98. The van der Waals surface area contributed by atoms with E-state index in [1.54, 1.807) is 14.2 Å². The maximum Gasteiger partial charge on any atom is 0.123 e. The van der Waals surface area contributed by atoms with E-state index in [4.69, 9.17) is 15.2 Å². The quantitative estimate of drug-likeness (QED) is 0.792. The zero-order chi connectivity index (χ0) is 15.2. The van der Waals surface area contributed by atoms with Crippen LogP contribution in [0, 0.1) is 5.92 Å². The normalized spacial score (nSPS) is 14.6. The van der Waals surface area contributed by atoms with E-state index in [2.05, 4.69) is 31.9 Å². The first-order valence-electron chi connectivity index (χ1n) is 7.04. The van der Waals surface area contributed by atoms with E-state index < -0.39 is 0 Å². The predicted molar refractivity (Wildman–Crippen MR) is 83.0 cm³/mol. The molecule has 2 N–H and O–H groups in total. The smallest absolute Gasteiger partial charge is 0.123 e. The lowest BCUT2D eigenvalue weighted by Crippen LogP contribution is -2.58. The monoisotopic (exact) mass is 280 g/mol. The van der Waals surface area contributed by atoms with Crippen molar-refractivity contribution < 1.29 is 9.47 Å². The number of hydrogen-bond donors (Lipinski definition) is 1. The molecule has 0 saturated heterocycles. The first-order valence-corrected chi connectivity index (χ1v) is 7.04. The second-order valence-corrected chi connectivity index (χ2v) is 5.56. The summed E-state index contributed by atoms with van der Waals surface area (Å²) < 4.78 is 10.8. The van der Waals surface area contributed by atoms with Crippen LogP contribution in [-0.2, 0) is 11.3 Å². The maximum absolute atomic E-state index is 6.07. The minimum atomic E-state index is -0.171. The van der Waals surface area contributed by atoms with E-state index in [-0.39, 0.29) is 5.54 Å². The van der Waals surface area contributed by atoms with Crippen LogP contribution < -0.4 is 10.5 Å². The fraction of sp³-hybridized carbons (Fsp3) is 0.625. The van der Waals surface area contributed by atoms with E-state index in [0.717, 1.165) is 17.9 Å². The van der Waals surface area contributed by atoms with Crippen molar-refractivity contribution >= 4 is 0 Å². The highest BCUT2D eigenvalue weighted by Gasteiger charge is 2.37. The van der Waals surface area contributed by atoms with Crippen LogP contribution in [0.25, 0.3) is 0 Å². The Morgan fingerprint density at radius 2 is 1.90 bits per heavy atom. The van der Waals surface area contributed by atoms with Crippen molar-refractivity contribution in [3.63, 3.8) is 0 Å². The van der Waals surface area contributed by atoms with Gasteiger partial charge in [-0.05, 0) is 19.0 Å². The molecule has 1 aromatic carbocycles. The molecule has 0 aliphatic rings. The minimum absolute atomic E-state index is 0.171. The standard InChI is InChI=1S/C16H28N2O2/c1-13(2)16(11-17,12-19-4)18(3)10-14-8-6-7-9-15(14)20-5/h6-9,13H,10-12,17H2,1-5H3. The van der Waals surface area contributed by atoms with Gasteiger partial charge in [0, 0.05) is 25.8 Å². The SMILES string of the molecule is COCC(CN)(C(C)C)N(C)Cc1ccccc1OC. The summed E-state index contributed by atoms with van der Waals surface area (Å²) in [6, 6.07) is 8.08. The lowest BCUT2D eigenvalue weighted by Gasteiger charge is -2.44. The molecule has 0 radical (unpaired) electrons. The number of nitrogens with zero attached hydrogens (tertiary/aromatic N) is 1. The fourth-order valence-electron chi connectivity index (χ4n) is 2.66. The summed E-state index contributed by atoms with van der Waals surface area (Å²) in [4.78, 5) is 2.28. The van der Waals surface area contributed by atoms with Gasteiger partial charge in [0.2, 0.25) is 0 Å². The first kappa shape index (κ1) is 17.0. The summed E-state index contributed by atoms with van der Waals surface area (Å²) in [7, 11) is 5.52. The third-order valence-electron chi connectivity index (χ3n) is 4.18. The largest absolute Gasteiger partial charge is 0.496 e. The number of likely N-dealkylation sites (N-methyl/N-ethyl adjacent to an activating group) is 1. The first-order chi connectivity index (χ1) is 9.51. The number of rotatable bonds is 8. The lowest BCUT2D eigenvalue weighted by atomic mass is 9.85. The summed E-state index contributed by atoms with van der Waals surface area (Å²) in [5.41, 5.74) is 7.06. The molecule has 1 unspecified atom stereocenters. The highest BCUT2D eigenvalue weighted by molar-refractivity contribution is 5.33. The number of methoxy groups -OCH3 is 2. The summed E-state index contributed by atoms with van der Waals surface area (Å²) in [6.07, 6.45) is 0. The van der Waals surface area contributed by atoms with Crippen LogP contribution in [0.3, 0.4) is 0 Å². The van der Waals surface area contributed by atoms with Crippen molar-refractivity contribution in [3.8, 4) is 5.75 Å². The van der Waals surface area contributed by atoms with Gasteiger partial charge in [-0.3, -0.25) is 4.90 Å². The highest BCUT2D eigenvalue weighted by atomic mass is 16.5. The van der Waals surface area contributed by atoms with E-state index in [9.17, 15) is 0 Å². The molecule has 0 amide bonds. The van der Waals surface area contributed by atoms with Crippen LogP contribution in [0.15, 0.2) is 24.3 Å². The molecule has 0 spiro atoms. The molecule has 0 fully saturated rings. The Hall–Kier alpha value is -1.10. The Bertz CT molecular complexity index is 409. The van der Waals surface area contributed by atoms with Gasteiger partial charge in [-0.25, -0.2) is 0 Å². The van der Waals surface area contributed by atoms with Crippen LogP contribution in [0.4, 0.5) is 0 Å². The number of nitrogens with two attached hydrogens (primary N) is 1. The van der Waals surface area contributed by atoms with Gasteiger partial charge in [0.25, 0.3) is 0 Å². The third-order valence-corrected chi connectivity index (χ3v) is 4.18. The van der Waals surface area contributed by atoms with Crippen molar-refractivity contribution in [2.24, 2.45) is 11.7 Å². The molecule has 4 heteroatoms. The molecular formula is C16H28N2O2. The maximum atomic E-state index is 6.07. The Labute approximate surface area is 122 Å². The van der Waals surface area contributed by atoms with Crippen molar-refractivity contribution in [2.75, 3.05) is 34.4 Å². The average molecular weight is 280 g/mol. The molecule has 4 nitrogen and oxygen atoms in total. The molecular weight excluding hydrogens is 252 g/mol. The predicted octanol–water partition coefficient (Wildman–Crippen LogP) is 2.13. The Kier molecular flexibility index (Phi) is 6.46. The number of para-hydroxylation sites is 1. The van der Waals surface area contributed by atoms with E-state index >= 15 is 0 Å². The summed E-state index contributed by atoms with van der Waals surface area (Å²) >= 11 is 0. The molecule has 1 aromatic rings. The molecule has 1 atom stereocenters. The van der Waals surface area contributed by atoms with Gasteiger partial charge in [0.15, 0.2) is 0 Å². The van der Waals surface area contributed by atoms with E-state index in [0.29, 0.717) is 19.1 Å². The second-order valence-electron chi connectivity index (χ2n) is 5.56. The van der Waals surface area contributed by atoms with Gasteiger partial charge < -0.3 is 15.2 Å². The minimum Gasteiger partial charge on any atom is -0.496 e. The molecule has 0 aromatic heterocycles. The molecule has 1 rings (SSSR count). The van der Waals surface area contributed by atoms with Gasteiger partial charge in [0.1, 0.15) is 5.75 Å². The molecule has 0 aliphatic carbocycles. The molecule has 114 valence electrons. The van der Waals surface area contributed by atoms with Crippen LogP contribution >= 0.6 is 0 Å². The topological polar surface area (TPSA) is 47.7 Å². The molecule has 0 saturated carbocycles. The third kappa shape index (κ3) is 3.51. The van der Waals surface area contributed by atoms with Crippen LogP contribution in [0.1, 0.15) is 19.4 Å². The Morgan fingerprint density at radius 3 is 2.40 bits per heavy atom. The van der Waals surface area contributed by atoms with Crippen molar-refractivity contribution in [1.29, 1.82) is 0 Å². The van der Waals surface area contributed by atoms with Gasteiger partial charge in [0.05, 0.1) is 19.3 Å². The van der Waals surface area contributed by atoms with Crippen molar-refractivity contribution in [3.05, 3.63) is 29.8 Å². The highest BCUT2D eigenvalue weighted by Crippen LogP contribution is 2.27. The van der Waals surface area contributed by atoms with Crippen molar-refractivity contribution in [2.45, 2.75) is 25.9 Å². The number of hydrogen-bond acceptors (Lipinski definition) is 4. The molecule has 0 heterocycles. The average Bonchev–Trinajstić information content (AvgIpc) is 2.44. The van der Waals surface area contributed by atoms with Gasteiger partial charge in [-0.1, -0.05) is 32.0 Å². The lowest BCUT2D eigenvalue weighted by molar-refractivity contribution is -0.00584. The van der Waals surface area contributed by atoms with Crippen LogP contribution in [0.5, 0.6) is 5.75 Å². The second kappa shape index (κ2) is 7.62. The molecule has 0 bridgehead atoms. The molecule has 0 aliphatic heterocycles. The van der Waals surface area contributed by atoms with Crippen LogP contribution in [0.2, 0.25) is 0 Å². The Morgan fingerprint density at radius 1 is 1.25 bits per heavy atom. The van der Waals surface area contributed by atoms with Crippen LogP contribution in [-0.4, -0.2) is 44.9 Å². The zero-order valence-corrected chi connectivity index (χ0v) is 13.3.